The Labute approximate surface area is 212 Å². The van der Waals surface area contributed by atoms with Crippen LogP contribution < -0.4 is 5.32 Å². The first kappa shape index (κ1) is 27.3. The van der Waals surface area contributed by atoms with E-state index in [-0.39, 0.29) is 40.5 Å². The normalized spacial score (nSPS) is 47.1. The van der Waals surface area contributed by atoms with Crippen LogP contribution in [0, 0.1) is 52.3 Å². The summed E-state index contributed by atoms with van der Waals surface area (Å²) in [6, 6.07) is -0.0946. The first-order valence-corrected chi connectivity index (χ1v) is 14.4. The van der Waals surface area contributed by atoms with Crippen LogP contribution in [0.4, 0.5) is 0 Å². The number of carbonyl (C=O) groups is 1. The lowest BCUT2D eigenvalue weighted by Crippen LogP contribution is -2.58. The summed E-state index contributed by atoms with van der Waals surface area (Å²) in [6.45, 7) is 13.1. The molecule has 1 heterocycles. The standard InChI is InChI=1S/C29H51NO5/c1-7-17(15(2)3)27(35)26(34)16(4)19-8-9-20-18-12-25(33)30-24-13-22(31)23(32)14-29(24,6)21(18)10-11-28(19,20)5/h15-24,26-27,31-32,34-35H,7-14H2,1-6H3,(H,30,33)/t16-,17-,18?,19+,20?,21?,22-,23+,24?,26-,27-,28+,29+/m0/s1. The summed E-state index contributed by atoms with van der Waals surface area (Å²) >= 11 is 0. The topological polar surface area (TPSA) is 110 Å². The number of nitrogens with one attached hydrogen (secondary N) is 1. The molecule has 0 spiro atoms. The summed E-state index contributed by atoms with van der Waals surface area (Å²) in [5, 5.41) is 46.5. The van der Waals surface area contributed by atoms with Crippen LogP contribution in [0.1, 0.15) is 92.9 Å². The monoisotopic (exact) mass is 493 g/mol. The van der Waals surface area contributed by atoms with E-state index in [4.69, 9.17) is 0 Å². The van der Waals surface area contributed by atoms with E-state index in [9.17, 15) is 25.2 Å². The largest absolute Gasteiger partial charge is 0.390 e. The lowest BCUT2D eigenvalue weighted by molar-refractivity contribution is -0.124. The van der Waals surface area contributed by atoms with E-state index >= 15 is 0 Å². The van der Waals surface area contributed by atoms with Crippen LogP contribution in [0.15, 0.2) is 0 Å². The van der Waals surface area contributed by atoms with Gasteiger partial charge in [-0.3, -0.25) is 4.79 Å². The first-order chi connectivity index (χ1) is 16.3. The number of aliphatic hydroxyl groups excluding tert-OH is 4. The van der Waals surface area contributed by atoms with Crippen LogP contribution in [-0.2, 0) is 4.79 Å². The van der Waals surface area contributed by atoms with Crippen molar-refractivity contribution in [2.75, 3.05) is 0 Å². The lowest BCUT2D eigenvalue weighted by atomic mass is 9.49. The van der Waals surface area contributed by atoms with E-state index < -0.39 is 24.4 Å². The van der Waals surface area contributed by atoms with Crippen molar-refractivity contribution in [1.82, 2.24) is 5.32 Å². The molecule has 3 saturated carbocycles. The van der Waals surface area contributed by atoms with E-state index in [0.29, 0.717) is 42.9 Å². The van der Waals surface area contributed by atoms with Crippen LogP contribution >= 0.6 is 0 Å². The highest BCUT2D eigenvalue weighted by Gasteiger charge is 2.62. The molecule has 1 aliphatic heterocycles. The minimum atomic E-state index is -0.777. The van der Waals surface area contributed by atoms with E-state index in [1.165, 1.54) is 0 Å². The molecule has 3 aliphatic carbocycles. The summed E-state index contributed by atoms with van der Waals surface area (Å²) in [6.07, 6.45) is 3.49. The Kier molecular flexibility index (Phi) is 7.72. The fraction of sp³-hybridized carbons (Fsp3) is 0.966. The van der Waals surface area contributed by atoms with Crippen molar-refractivity contribution < 1.29 is 25.2 Å². The summed E-state index contributed by atoms with van der Waals surface area (Å²) < 4.78 is 0. The molecule has 4 rings (SSSR count). The maximum atomic E-state index is 13.1. The second-order valence-corrected chi connectivity index (χ2v) is 13.7. The van der Waals surface area contributed by atoms with Crippen LogP contribution in [0.2, 0.25) is 0 Å². The molecule has 0 aromatic heterocycles. The summed E-state index contributed by atoms with van der Waals surface area (Å²) in [4.78, 5) is 13.1. The Hall–Kier alpha value is -0.690. The third-order valence-electron chi connectivity index (χ3n) is 11.8. The molecule has 13 atom stereocenters. The van der Waals surface area contributed by atoms with E-state index in [1.54, 1.807) is 0 Å². The van der Waals surface area contributed by atoms with Gasteiger partial charge in [0.15, 0.2) is 0 Å². The second kappa shape index (κ2) is 9.89. The third-order valence-corrected chi connectivity index (χ3v) is 11.8. The SMILES string of the molecule is CC[C@@H](C(C)C)[C@H](O)[C@@H](O)[C@@H](C)[C@H]1CCC2C3CC(=O)NC4C[C@H](O)[C@H](O)C[C@]4(C)C3CC[C@@]21C. The Morgan fingerprint density at radius 2 is 1.63 bits per heavy atom. The van der Waals surface area contributed by atoms with Gasteiger partial charge in [0.1, 0.15) is 0 Å². The van der Waals surface area contributed by atoms with Gasteiger partial charge in [-0.25, -0.2) is 0 Å². The molecule has 5 N–H and O–H groups in total. The molecule has 4 fully saturated rings. The predicted octanol–water partition coefficient (Wildman–Crippen LogP) is 3.50. The summed E-state index contributed by atoms with van der Waals surface area (Å²) in [5.41, 5.74) is -0.189. The minimum Gasteiger partial charge on any atom is -0.390 e. The van der Waals surface area contributed by atoms with Gasteiger partial charge in [0.25, 0.3) is 0 Å². The number of rotatable bonds is 6. The maximum Gasteiger partial charge on any atom is 0.220 e. The minimum absolute atomic E-state index is 0.000982. The van der Waals surface area contributed by atoms with Crippen LogP contribution in [0.25, 0.3) is 0 Å². The Bertz CT molecular complexity index is 774. The Morgan fingerprint density at radius 3 is 2.26 bits per heavy atom. The van der Waals surface area contributed by atoms with Gasteiger partial charge in [0.05, 0.1) is 24.4 Å². The highest BCUT2D eigenvalue weighted by atomic mass is 16.3. The number of amides is 1. The number of carbonyl (C=O) groups excluding carboxylic acids is 1. The fourth-order valence-electron chi connectivity index (χ4n) is 9.70. The number of aliphatic hydroxyl groups is 4. The predicted molar refractivity (Wildman–Crippen MR) is 136 cm³/mol. The van der Waals surface area contributed by atoms with E-state index in [2.05, 4.69) is 46.9 Å². The average molecular weight is 494 g/mol. The number of hydrogen-bond acceptors (Lipinski definition) is 5. The Morgan fingerprint density at radius 1 is 0.971 bits per heavy atom. The average Bonchev–Trinajstić information content (AvgIpc) is 3.09. The van der Waals surface area contributed by atoms with Crippen LogP contribution in [0.5, 0.6) is 0 Å². The van der Waals surface area contributed by atoms with Gasteiger partial charge in [0.2, 0.25) is 5.91 Å². The van der Waals surface area contributed by atoms with Crippen molar-refractivity contribution in [3.05, 3.63) is 0 Å². The van der Waals surface area contributed by atoms with Crippen molar-refractivity contribution in [2.24, 2.45) is 52.3 Å². The van der Waals surface area contributed by atoms with Gasteiger partial charge < -0.3 is 25.7 Å². The second-order valence-electron chi connectivity index (χ2n) is 13.7. The molecule has 4 unspecified atom stereocenters. The molecular weight excluding hydrogens is 442 g/mol. The molecule has 202 valence electrons. The van der Waals surface area contributed by atoms with Gasteiger partial charge in [-0.15, -0.1) is 0 Å². The van der Waals surface area contributed by atoms with Gasteiger partial charge >= 0.3 is 0 Å². The van der Waals surface area contributed by atoms with Crippen molar-refractivity contribution in [1.29, 1.82) is 0 Å². The van der Waals surface area contributed by atoms with Crippen LogP contribution in [0.3, 0.4) is 0 Å². The molecule has 35 heavy (non-hydrogen) atoms. The molecule has 0 aromatic rings. The lowest BCUT2D eigenvalue weighted by Gasteiger charge is -2.56. The van der Waals surface area contributed by atoms with Crippen molar-refractivity contribution in [2.45, 2.75) is 123 Å². The quantitative estimate of drug-likeness (QED) is 0.389. The molecule has 6 nitrogen and oxygen atoms in total. The van der Waals surface area contributed by atoms with E-state index in [0.717, 1.165) is 32.1 Å². The summed E-state index contributed by atoms with van der Waals surface area (Å²) in [5.74, 6) is 1.79. The molecular formula is C29H51NO5. The van der Waals surface area contributed by atoms with Gasteiger partial charge in [-0.2, -0.15) is 0 Å². The molecule has 0 aromatic carbocycles. The molecule has 1 saturated heterocycles. The zero-order valence-electron chi connectivity index (χ0n) is 22.8. The van der Waals surface area contributed by atoms with Gasteiger partial charge in [0, 0.05) is 12.5 Å². The van der Waals surface area contributed by atoms with E-state index in [1.807, 2.05) is 0 Å². The smallest absolute Gasteiger partial charge is 0.220 e. The van der Waals surface area contributed by atoms with Crippen molar-refractivity contribution in [3.8, 4) is 0 Å². The molecule has 0 bridgehead atoms. The van der Waals surface area contributed by atoms with Crippen molar-refractivity contribution >= 4 is 5.91 Å². The number of fused-ring (bicyclic) bond motifs is 5. The third kappa shape index (κ3) is 4.49. The van der Waals surface area contributed by atoms with Crippen LogP contribution in [-0.4, -0.2) is 56.8 Å². The van der Waals surface area contributed by atoms with Gasteiger partial charge in [-0.1, -0.05) is 48.0 Å². The zero-order chi connectivity index (χ0) is 25.9. The Balaban J connectivity index is 1.58. The summed E-state index contributed by atoms with van der Waals surface area (Å²) in [7, 11) is 0. The zero-order valence-corrected chi connectivity index (χ0v) is 22.8. The highest BCUT2D eigenvalue weighted by molar-refractivity contribution is 5.77. The van der Waals surface area contributed by atoms with Gasteiger partial charge in [-0.05, 0) is 90.8 Å². The number of hydrogen-bond donors (Lipinski definition) is 5. The fourth-order valence-corrected chi connectivity index (χ4v) is 9.70. The maximum absolute atomic E-state index is 13.1. The molecule has 6 heteroatoms. The highest BCUT2D eigenvalue weighted by Crippen LogP contribution is 2.65. The van der Waals surface area contributed by atoms with Crippen molar-refractivity contribution in [3.63, 3.8) is 0 Å². The molecule has 0 radical (unpaired) electrons. The molecule has 4 aliphatic rings. The molecule has 1 amide bonds. The first-order valence-electron chi connectivity index (χ1n) is 14.4.